The van der Waals surface area contributed by atoms with Crippen LogP contribution in [0.1, 0.15) is 47.1 Å². The number of ketones is 1. The summed E-state index contributed by atoms with van der Waals surface area (Å²) in [5.41, 5.74) is 4.88. The minimum absolute atomic E-state index is 0.0286. The molecule has 3 aromatic rings. The number of rotatable bonds is 5. The number of nitrogens with one attached hydrogen (secondary N) is 1. The molecule has 5 rings (SSSR count). The summed E-state index contributed by atoms with van der Waals surface area (Å²) in [4.78, 5) is 13.7. The van der Waals surface area contributed by atoms with Crippen molar-refractivity contribution in [3.63, 3.8) is 0 Å². The van der Waals surface area contributed by atoms with E-state index in [9.17, 15) is 9.90 Å². The van der Waals surface area contributed by atoms with Gasteiger partial charge in [-0.1, -0.05) is 17.3 Å². The molecule has 0 fully saturated rings. The summed E-state index contributed by atoms with van der Waals surface area (Å²) in [5, 5.41) is 17.6. The van der Waals surface area contributed by atoms with Crippen molar-refractivity contribution in [1.82, 2.24) is 5.16 Å². The average molecular weight is 463 g/mol. The van der Waals surface area contributed by atoms with Crippen molar-refractivity contribution < 1.29 is 28.6 Å². The zero-order valence-electron chi connectivity index (χ0n) is 19.5. The smallest absolute Gasteiger partial charge is 0.233 e. The number of anilines is 1. The first-order valence-electron chi connectivity index (χ1n) is 11.0. The van der Waals surface area contributed by atoms with Crippen LogP contribution in [0.5, 0.6) is 23.0 Å². The molecule has 0 amide bonds. The summed E-state index contributed by atoms with van der Waals surface area (Å²) >= 11 is 0. The fourth-order valence-corrected chi connectivity index (χ4v) is 5.02. The lowest BCUT2D eigenvalue weighted by molar-refractivity contribution is -0.116. The van der Waals surface area contributed by atoms with E-state index in [0.717, 1.165) is 22.4 Å². The highest BCUT2D eigenvalue weighted by atomic mass is 16.5. The third kappa shape index (κ3) is 3.46. The number of aryl methyl sites for hydroxylation is 1. The number of ether oxygens (including phenoxy) is 3. The molecule has 2 heterocycles. The fraction of sp³-hybridized carbons (Fsp3) is 0.308. The van der Waals surface area contributed by atoms with E-state index in [1.54, 1.807) is 26.4 Å². The molecule has 2 N–H and O–H groups in total. The third-order valence-electron chi connectivity index (χ3n) is 6.67. The summed E-state index contributed by atoms with van der Waals surface area (Å²) < 4.78 is 21.7. The Hall–Kier alpha value is -3.94. The van der Waals surface area contributed by atoms with Gasteiger partial charge in [0.15, 0.2) is 28.8 Å². The molecule has 0 radical (unpaired) electrons. The SMILES string of the molecule is COc1cc([C@@H]2C3=C(C[C@@H](c4ccc(OC)c(OC)c4)CC3=O)Nc3onc(C)c32)ccc1O. The van der Waals surface area contributed by atoms with Crippen LogP contribution in [0.3, 0.4) is 0 Å². The van der Waals surface area contributed by atoms with Crippen LogP contribution >= 0.6 is 0 Å². The Morgan fingerprint density at radius 2 is 1.68 bits per heavy atom. The number of Topliss-reactive ketones (excluding diaryl/α,β-unsaturated/α-hetero) is 1. The average Bonchev–Trinajstić information content (AvgIpc) is 3.22. The molecule has 0 unspecified atom stereocenters. The van der Waals surface area contributed by atoms with Crippen LogP contribution in [0.4, 0.5) is 5.88 Å². The molecule has 0 bridgehead atoms. The van der Waals surface area contributed by atoms with E-state index in [2.05, 4.69) is 10.5 Å². The van der Waals surface area contributed by atoms with Gasteiger partial charge in [-0.25, -0.2) is 0 Å². The molecule has 2 atom stereocenters. The lowest BCUT2D eigenvalue weighted by atomic mass is 9.72. The number of allylic oxidation sites excluding steroid dienone is 2. The summed E-state index contributed by atoms with van der Waals surface area (Å²) in [6.07, 6.45) is 0.989. The van der Waals surface area contributed by atoms with Gasteiger partial charge in [0.2, 0.25) is 5.88 Å². The second kappa shape index (κ2) is 8.44. The highest BCUT2D eigenvalue weighted by Gasteiger charge is 2.41. The van der Waals surface area contributed by atoms with Crippen LogP contribution in [0.15, 0.2) is 52.2 Å². The highest BCUT2D eigenvalue weighted by Crippen LogP contribution is 2.50. The maximum absolute atomic E-state index is 13.7. The van der Waals surface area contributed by atoms with Gasteiger partial charge in [0, 0.05) is 23.6 Å². The molecular formula is C26H26N2O6. The first-order chi connectivity index (χ1) is 16.4. The van der Waals surface area contributed by atoms with Crippen molar-refractivity contribution in [2.45, 2.75) is 31.6 Å². The number of aromatic hydroxyl groups is 1. The molecular weight excluding hydrogens is 436 g/mol. The summed E-state index contributed by atoms with van der Waals surface area (Å²) in [6.45, 7) is 1.86. The van der Waals surface area contributed by atoms with E-state index >= 15 is 0 Å². The second-order valence-corrected chi connectivity index (χ2v) is 8.54. The fourth-order valence-electron chi connectivity index (χ4n) is 5.02. The van der Waals surface area contributed by atoms with Gasteiger partial charge < -0.3 is 29.2 Å². The van der Waals surface area contributed by atoms with Crippen LogP contribution in [0.2, 0.25) is 0 Å². The Kier molecular flexibility index (Phi) is 5.43. The number of hydrogen-bond donors (Lipinski definition) is 2. The van der Waals surface area contributed by atoms with Crippen LogP contribution in [-0.2, 0) is 4.79 Å². The van der Waals surface area contributed by atoms with Crippen molar-refractivity contribution in [2.24, 2.45) is 0 Å². The van der Waals surface area contributed by atoms with E-state index in [4.69, 9.17) is 18.7 Å². The number of hydrogen-bond acceptors (Lipinski definition) is 8. The van der Waals surface area contributed by atoms with E-state index in [1.807, 2.05) is 31.2 Å². The molecule has 34 heavy (non-hydrogen) atoms. The van der Waals surface area contributed by atoms with Gasteiger partial charge in [-0.3, -0.25) is 4.79 Å². The van der Waals surface area contributed by atoms with Crippen LogP contribution < -0.4 is 19.5 Å². The maximum atomic E-state index is 13.7. The van der Waals surface area contributed by atoms with Gasteiger partial charge in [0.1, 0.15) is 0 Å². The van der Waals surface area contributed by atoms with E-state index in [-0.39, 0.29) is 23.4 Å². The normalized spacial score (nSPS) is 19.2. The number of phenols is 1. The van der Waals surface area contributed by atoms with Gasteiger partial charge in [0.25, 0.3) is 0 Å². The standard InChI is InChI=1S/C26H26N2O6/c1-13-23-24(15-5-7-18(29)21(12-15)32-3)25-17(27-26(23)34-28-13)9-16(10-19(25)30)14-6-8-20(31-2)22(11-14)33-4/h5-8,11-12,16,24,27,29H,9-10H2,1-4H3/t16-,24+/m1/s1. The molecule has 1 aliphatic carbocycles. The summed E-state index contributed by atoms with van der Waals surface area (Å²) in [5.74, 6) is 1.86. The van der Waals surface area contributed by atoms with Crippen molar-refractivity contribution in [2.75, 3.05) is 26.6 Å². The zero-order valence-corrected chi connectivity index (χ0v) is 19.5. The number of fused-ring (bicyclic) bond motifs is 1. The maximum Gasteiger partial charge on any atom is 0.233 e. The first kappa shape index (κ1) is 21.9. The molecule has 8 nitrogen and oxygen atoms in total. The van der Waals surface area contributed by atoms with Crippen LogP contribution in [-0.4, -0.2) is 37.4 Å². The number of methoxy groups -OCH3 is 3. The Balaban J connectivity index is 1.59. The summed E-state index contributed by atoms with van der Waals surface area (Å²) in [6, 6.07) is 10.9. The lowest BCUT2D eigenvalue weighted by Gasteiger charge is -2.34. The number of benzene rings is 2. The molecule has 8 heteroatoms. The highest BCUT2D eigenvalue weighted by molar-refractivity contribution is 6.01. The molecule has 0 saturated heterocycles. The van der Waals surface area contributed by atoms with Gasteiger partial charge in [-0.2, -0.15) is 0 Å². The number of nitrogens with zero attached hydrogens (tertiary/aromatic N) is 1. The van der Waals surface area contributed by atoms with Crippen molar-refractivity contribution in [3.05, 3.63) is 70.1 Å². The molecule has 2 aromatic carbocycles. The van der Waals surface area contributed by atoms with Gasteiger partial charge in [-0.15, -0.1) is 0 Å². The van der Waals surface area contributed by atoms with E-state index in [0.29, 0.717) is 47.2 Å². The minimum atomic E-state index is -0.370. The van der Waals surface area contributed by atoms with Crippen molar-refractivity contribution in [3.8, 4) is 23.0 Å². The number of carbonyl (C=O) groups excluding carboxylic acids is 1. The quantitative estimate of drug-likeness (QED) is 0.564. The summed E-state index contributed by atoms with van der Waals surface area (Å²) in [7, 11) is 4.70. The lowest BCUT2D eigenvalue weighted by Crippen LogP contribution is -2.29. The zero-order chi connectivity index (χ0) is 24.0. The van der Waals surface area contributed by atoms with Crippen LogP contribution in [0.25, 0.3) is 0 Å². The second-order valence-electron chi connectivity index (χ2n) is 8.54. The number of carbonyl (C=O) groups is 1. The Morgan fingerprint density at radius 1 is 0.971 bits per heavy atom. The topological polar surface area (TPSA) is 103 Å². The van der Waals surface area contributed by atoms with E-state index in [1.165, 1.54) is 7.11 Å². The molecule has 1 aromatic heterocycles. The van der Waals surface area contributed by atoms with Crippen LogP contribution in [0, 0.1) is 6.92 Å². The molecule has 2 aliphatic rings. The Morgan fingerprint density at radius 3 is 2.41 bits per heavy atom. The Bertz CT molecular complexity index is 1310. The van der Waals surface area contributed by atoms with Gasteiger partial charge in [-0.05, 0) is 54.7 Å². The number of phenolic OH excluding ortho intramolecular Hbond substituents is 1. The van der Waals surface area contributed by atoms with Crippen molar-refractivity contribution >= 4 is 11.7 Å². The van der Waals surface area contributed by atoms with Crippen molar-refractivity contribution in [1.29, 1.82) is 0 Å². The first-order valence-corrected chi connectivity index (χ1v) is 11.0. The number of aromatic nitrogens is 1. The molecule has 0 saturated carbocycles. The monoisotopic (exact) mass is 462 g/mol. The molecule has 1 aliphatic heterocycles. The minimum Gasteiger partial charge on any atom is -0.504 e. The third-order valence-corrected chi connectivity index (χ3v) is 6.67. The molecule has 176 valence electrons. The largest absolute Gasteiger partial charge is 0.504 e. The van der Waals surface area contributed by atoms with E-state index < -0.39 is 0 Å². The predicted octanol–water partition coefficient (Wildman–Crippen LogP) is 4.67. The Labute approximate surface area is 197 Å². The molecule has 0 spiro atoms. The van der Waals surface area contributed by atoms with Gasteiger partial charge in [0.05, 0.1) is 32.6 Å². The van der Waals surface area contributed by atoms with Gasteiger partial charge >= 0.3 is 0 Å². The predicted molar refractivity (Wildman–Crippen MR) is 125 cm³/mol.